The van der Waals surface area contributed by atoms with E-state index in [0.29, 0.717) is 5.56 Å². The fourth-order valence-corrected chi connectivity index (χ4v) is 3.34. The fourth-order valence-electron chi connectivity index (χ4n) is 3.34. The molecule has 4 rings (SSSR count). The zero-order valence-electron chi connectivity index (χ0n) is 15.4. The molecule has 1 aliphatic rings. The summed E-state index contributed by atoms with van der Waals surface area (Å²) in [6, 6.07) is 17.3. The Hall–Kier alpha value is -3.21. The Morgan fingerprint density at radius 1 is 1.00 bits per heavy atom. The number of amides is 1. The first kappa shape index (κ1) is 17.2. The molecule has 1 fully saturated rings. The number of hydrogen-bond donors (Lipinski definition) is 1. The van der Waals surface area contributed by atoms with E-state index >= 15 is 0 Å². The number of anilines is 2. The third-order valence-electron chi connectivity index (χ3n) is 4.80. The van der Waals surface area contributed by atoms with Crippen LogP contribution >= 0.6 is 0 Å². The van der Waals surface area contributed by atoms with Gasteiger partial charge < -0.3 is 10.2 Å². The molecule has 1 N–H and O–H groups in total. The standard InChI is InChI=1S/C22H22N4O/c1-16-5-4-6-19(13-16)25-22(27)18-9-7-17(8-10-18)20-14-21(24-15-23-20)26-11-2-3-12-26/h4-10,13-15H,2-3,11-12H2,1H3,(H,25,27). The lowest BCUT2D eigenvalue weighted by molar-refractivity contribution is 0.102. The Balaban J connectivity index is 1.50. The maximum Gasteiger partial charge on any atom is 0.255 e. The van der Waals surface area contributed by atoms with Gasteiger partial charge in [-0.25, -0.2) is 9.97 Å². The van der Waals surface area contributed by atoms with Gasteiger partial charge in [0.05, 0.1) is 5.69 Å². The number of aryl methyl sites for hydroxylation is 1. The van der Waals surface area contributed by atoms with Crippen LogP contribution in [0.1, 0.15) is 28.8 Å². The summed E-state index contributed by atoms with van der Waals surface area (Å²) < 4.78 is 0. The smallest absolute Gasteiger partial charge is 0.255 e. The Kier molecular flexibility index (Phi) is 4.83. The zero-order chi connectivity index (χ0) is 18.6. The average molecular weight is 358 g/mol. The second-order valence-corrected chi connectivity index (χ2v) is 6.86. The molecule has 0 spiro atoms. The van der Waals surface area contributed by atoms with Crippen LogP contribution in [0, 0.1) is 6.92 Å². The molecule has 5 nitrogen and oxygen atoms in total. The number of aromatic nitrogens is 2. The summed E-state index contributed by atoms with van der Waals surface area (Å²) in [7, 11) is 0. The van der Waals surface area contributed by atoms with Crippen molar-refractivity contribution in [3.63, 3.8) is 0 Å². The van der Waals surface area contributed by atoms with Gasteiger partial charge in [0, 0.05) is 36.0 Å². The molecular formula is C22H22N4O. The predicted molar refractivity (Wildman–Crippen MR) is 108 cm³/mol. The number of carbonyl (C=O) groups excluding carboxylic acids is 1. The summed E-state index contributed by atoms with van der Waals surface area (Å²) in [4.78, 5) is 23.5. The van der Waals surface area contributed by atoms with Gasteiger partial charge in [-0.2, -0.15) is 0 Å². The van der Waals surface area contributed by atoms with Crippen molar-refractivity contribution in [2.75, 3.05) is 23.3 Å². The molecule has 0 unspecified atom stereocenters. The van der Waals surface area contributed by atoms with Crippen molar-refractivity contribution in [2.45, 2.75) is 19.8 Å². The molecule has 27 heavy (non-hydrogen) atoms. The van der Waals surface area contributed by atoms with Crippen molar-refractivity contribution in [1.82, 2.24) is 9.97 Å². The second-order valence-electron chi connectivity index (χ2n) is 6.86. The predicted octanol–water partition coefficient (Wildman–Crippen LogP) is 4.30. The third-order valence-corrected chi connectivity index (χ3v) is 4.80. The first-order valence-electron chi connectivity index (χ1n) is 9.24. The first-order valence-corrected chi connectivity index (χ1v) is 9.24. The van der Waals surface area contributed by atoms with Crippen LogP contribution in [-0.2, 0) is 0 Å². The maximum absolute atomic E-state index is 12.5. The molecule has 0 bridgehead atoms. The molecule has 5 heteroatoms. The van der Waals surface area contributed by atoms with E-state index in [1.807, 2.05) is 61.5 Å². The van der Waals surface area contributed by atoms with Gasteiger partial charge in [-0.1, -0.05) is 24.3 Å². The van der Waals surface area contributed by atoms with E-state index in [0.717, 1.165) is 41.4 Å². The number of hydrogen-bond acceptors (Lipinski definition) is 4. The highest BCUT2D eigenvalue weighted by Crippen LogP contribution is 2.23. The molecule has 3 aromatic rings. The number of carbonyl (C=O) groups is 1. The van der Waals surface area contributed by atoms with Crippen molar-refractivity contribution < 1.29 is 4.79 Å². The van der Waals surface area contributed by atoms with Crippen LogP contribution in [-0.4, -0.2) is 29.0 Å². The zero-order valence-corrected chi connectivity index (χ0v) is 15.4. The lowest BCUT2D eigenvalue weighted by Crippen LogP contribution is -2.19. The minimum absolute atomic E-state index is 0.118. The summed E-state index contributed by atoms with van der Waals surface area (Å²) in [6.07, 6.45) is 4.04. The van der Waals surface area contributed by atoms with Crippen molar-refractivity contribution in [3.05, 3.63) is 72.1 Å². The van der Waals surface area contributed by atoms with E-state index in [1.165, 1.54) is 12.8 Å². The highest BCUT2D eigenvalue weighted by molar-refractivity contribution is 6.04. The molecule has 136 valence electrons. The summed E-state index contributed by atoms with van der Waals surface area (Å²) in [5.41, 5.74) is 4.38. The molecule has 0 radical (unpaired) electrons. The fraction of sp³-hybridized carbons (Fsp3) is 0.227. The van der Waals surface area contributed by atoms with Gasteiger partial charge in [0.2, 0.25) is 0 Å². The Morgan fingerprint density at radius 2 is 1.78 bits per heavy atom. The molecule has 1 aromatic heterocycles. The SMILES string of the molecule is Cc1cccc(NC(=O)c2ccc(-c3cc(N4CCCC4)ncn3)cc2)c1. The van der Waals surface area contributed by atoms with Crippen LogP contribution in [0.25, 0.3) is 11.3 Å². The van der Waals surface area contributed by atoms with Gasteiger partial charge in [0.15, 0.2) is 0 Å². The number of rotatable bonds is 4. The topological polar surface area (TPSA) is 58.1 Å². The quantitative estimate of drug-likeness (QED) is 0.755. The summed E-state index contributed by atoms with van der Waals surface area (Å²) >= 11 is 0. The molecule has 0 atom stereocenters. The maximum atomic E-state index is 12.5. The normalized spacial score (nSPS) is 13.6. The second kappa shape index (κ2) is 7.58. The van der Waals surface area contributed by atoms with Crippen LogP contribution in [0.4, 0.5) is 11.5 Å². The lowest BCUT2D eigenvalue weighted by Gasteiger charge is -2.16. The third kappa shape index (κ3) is 3.97. The average Bonchev–Trinajstić information content (AvgIpc) is 3.23. The van der Waals surface area contributed by atoms with Crippen molar-refractivity contribution in [1.29, 1.82) is 0 Å². The molecule has 2 heterocycles. The summed E-state index contributed by atoms with van der Waals surface area (Å²) in [6.45, 7) is 4.10. The van der Waals surface area contributed by atoms with Gasteiger partial charge in [0.1, 0.15) is 12.1 Å². The minimum atomic E-state index is -0.118. The molecule has 0 aliphatic carbocycles. The number of benzene rings is 2. The highest BCUT2D eigenvalue weighted by Gasteiger charge is 2.14. The van der Waals surface area contributed by atoms with Gasteiger partial charge >= 0.3 is 0 Å². The van der Waals surface area contributed by atoms with Gasteiger partial charge in [-0.15, -0.1) is 0 Å². The van der Waals surface area contributed by atoms with Gasteiger partial charge in [-0.3, -0.25) is 4.79 Å². The number of nitrogens with one attached hydrogen (secondary N) is 1. The van der Waals surface area contributed by atoms with Gasteiger partial charge in [-0.05, 0) is 49.6 Å². The molecule has 1 aliphatic heterocycles. The van der Waals surface area contributed by atoms with Crippen LogP contribution in [0.2, 0.25) is 0 Å². The van der Waals surface area contributed by atoms with Crippen LogP contribution in [0.3, 0.4) is 0 Å². The highest BCUT2D eigenvalue weighted by atomic mass is 16.1. The van der Waals surface area contributed by atoms with E-state index < -0.39 is 0 Å². The van der Waals surface area contributed by atoms with Crippen molar-refractivity contribution in [3.8, 4) is 11.3 Å². The molecule has 2 aromatic carbocycles. The molecular weight excluding hydrogens is 336 g/mol. The largest absolute Gasteiger partial charge is 0.357 e. The lowest BCUT2D eigenvalue weighted by atomic mass is 10.1. The van der Waals surface area contributed by atoms with E-state index in [-0.39, 0.29) is 5.91 Å². The van der Waals surface area contributed by atoms with Crippen LogP contribution in [0.15, 0.2) is 60.9 Å². The molecule has 1 amide bonds. The minimum Gasteiger partial charge on any atom is -0.357 e. The van der Waals surface area contributed by atoms with Crippen molar-refractivity contribution >= 4 is 17.4 Å². The van der Waals surface area contributed by atoms with E-state index in [1.54, 1.807) is 6.33 Å². The summed E-state index contributed by atoms with van der Waals surface area (Å²) in [5, 5.41) is 2.93. The Morgan fingerprint density at radius 3 is 2.52 bits per heavy atom. The molecule has 1 saturated heterocycles. The molecule has 0 saturated carbocycles. The van der Waals surface area contributed by atoms with Gasteiger partial charge in [0.25, 0.3) is 5.91 Å². The first-order chi connectivity index (χ1) is 13.2. The van der Waals surface area contributed by atoms with E-state index in [4.69, 9.17) is 0 Å². The monoisotopic (exact) mass is 358 g/mol. The van der Waals surface area contributed by atoms with E-state index in [2.05, 4.69) is 20.2 Å². The van der Waals surface area contributed by atoms with Crippen molar-refractivity contribution in [2.24, 2.45) is 0 Å². The number of nitrogens with zero attached hydrogens (tertiary/aromatic N) is 3. The Labute approximate surface area is 159 Å². The van der Waals surface area contributed by atoms with Crippen LogP contribution in [0.5, 0.6) is 0 Å². The van der Waals surface area contributed by atoms with Crippen LogP contribution < -0.4 is 10.2 Å². The Bertz CT molecular complexity index is 947. The van der Waals surface area contributed by atoms with E-state index in [9.17, 15) is 4.79 Å². The summed E-state index contributed by atoms with van der Waals surface area (Å²) in [5.74, 6) is 0.853.